The third-order valence-electron chi connectivity index (χ3n) is 4.88. The van der Waals surface area contributed by atoms with E-state index in [1.807, 2.05) is 18.9 Å². The predicted octanol–water partition coefficient (Wildman–Crippen LogP) is 1.79. The van der Waals surface area contributed by atoms with Crippen LogP contribution in [0.4, 0.5) is 11.5 Å². The number of aromatic amines is 1. The smallest absolute Gasteiger partial charge is 0.329 e. The number of nitrogens with one attached hydrogen (secondary N) is 1. The highest BCUT2D eigenvalue weighted by molar-refractivity contribution is 5.71. The fourth-order valence-electron chi connectivity index (χ4n) is 3.50. The standard InChI is InChI=1S/C18H32N4O3/c1-14(23)11-9-7-5-4-6-8-10-12-22-13-20(2)15-16(24)19-18(25)21(3)17(15)22/h14,23H,4-13H2,1-3H3,(H,19,24,25). The van der Waals surface area contributed by atoms with Gasteiger partial charge < -0.3 is 14.9 Å². The second-order valence-electron chi connectivity index (χ2n) is 7.21. The Morgan fingerprint density at radius 2 is 1.64 bits per heavy atom. The Kier molecular flexibility index (Phi) is 7.11. The number of aliphatic hydroxyl groups is 1. The van der Waals surface area contributed by atoms with Crippen LogP contribution in [0.15, 0.2) is 9.59 Å². The number of rotatable bonds is 10. The molecule has 1 aliphatic heterocycles. The molecule has 142 valence electrons. The predicted molar refractivity (Wildman–Crippen MR) is 102 cm³/mol. The quantitative estimate of drug-likeness (QED) is 0.628. The van der Waals surface area contributed by atoms with Gasteiger partial charge >= 0.3 is 5.69 Å². The third-order valence-corrected chi connectivity index (χ3v) is 4.88. The molecule has 2 N–H and O–H groups in total. The van der Waals surface area contributed by atoms with Crippen molar-refractivity contribution in [3.63, 3.8) is 0 Å². The molecule has 25 heavy (non-hydrogen) atoms. The average molecular weight is 352 g/mol. The summed E-state index contributed by atoms with van der Waals surface area (Å²) in [5, 5.41) is 9.22. The van der Waals surface area contributed by atoms with Gasteiger partial charge in [-0.2, -0.15) is 0 Å². The molecule has 0 amide bonds. The van der Waals surface area contributed by atoms with E-state index in [0.29, 0.717) is 12.4 Å². The van der Waals surface area contributed by atoms with Gasteiger partial charge in [0, 0.05) is 20.6 Å². The average Bonchev–Trinajstić information content (AvgIpc) is 2.88. The van der Waals surface area contributed by atoms with Crippen LogP contribution >= 0.6 is 0 Å². The van der Waals surface area contributed by atoms with E-state index in [1.54, 1.807) is 7.05 Å². The Bertz CT molecular complexity index is 665. The fourth-order valence-corrected chi connectivity index (χ4v) is 3.50. The highest BCUT2D eigenvalue weighted by atomic mass is 16.3. The zero-order chi connectivity index (χ0) is 18.4. The summed E-state index contributed by atoms with van der Waals surface area (Å²) >= 11 is 0. The molecule has 0 aliphatic carbocycles. The van der Waals surface area contributed by atoms with Crippen molar-refractivity contribution in [2.75, 3.05) is 30.1 Å². The van der Waals surface area contributed by atoms with Gasteiger partial charge in [0.1, 0.15) is 11.5 Å². The van der Waals surface area contributed by atoms with Crippen molar-refractivity contribution >= 4 is 11.5 Å². The lowest BCUT2D eigenvalue weighted by Crippen LogP contribution is -2.32. The summed E-state index contributed by atoms with van der Waals surface area (Å²) in [5.74, 6) is 0.731. The second-order valence-corrected chi connectivity index (χ2v) is 7.21. The first-order valence-corrected chi connectivity index (χ1v) is 9.39. The molecule has 0 bridgehead atoms. The minimum Gasteiger partial charge on any atom is -0.393 e. The summed E-state index contributed by atoms with van der Waals surface area (Å²) in [4.78, 5) is 30.3. The number of H-pyrrole nitrogens is 1. The van der Waals surface area contributed by atoms with Crippen molar-refractivity contribution in [3.05, 3.63) is 20.8 Å². The maximum absolute atomic E-state index is 12.0. The minimum absolute atomic E-state index is 0.176. The number of aromatic nitrogens is 2. The molecular weight excluding hydrogens is 320 g/mol. The molecule has 2 rings (SSSR count). The molecule has 0 radical (unpaired) electrons. The molecular formula is C18H32N4O3. The Morgan fingerprint density at radius 3 is 2.28 bits per heavy atom. The van der Waals surface area contributed by atoms with Crippen LogP contribution in [0.3, 0.4) is 0 Å². The summed E-state index contributed by atoms with van der Waals surface area (Å²) in [5.41, 5.74) is -0.0817. The first-order valence-electron chi connectivity index (χ1n) is 9.39. The lowest BCUT2D eigenvalue weighted by molar-refractivity contribution is 0.180. The molecule has 7 nitrogen and oxygen atoms in total. The van der Waals surface area contributed by atoms with Gasteiger partial charge in [-0.25, -0.2) is 4.79 Å². The number of anilines is 2. The zero-order valence-corrected chi connectivity index (χ0v) is 15.8. The molecule has 1 aromatic heterocycles. The number of aliphatic hydroxyl groups excluding tert-OH is 1. The highest BCUT2D eigenvalue weighted by Gasteiger charge is 2.28. The molecule has 2 heterocycles. The van der Waals surface area contributed by atoms with Gasteiger partial charge in [-0.15, -0.1) is 0 Å². The van der Waals surface area contributed by atoms with Crippen molar-refractivity contribution < 1.29 is 5.11 Å². The monoisotopic (exact) mass is 352 g/mol. The van der Waals surface area contributed by atoms with Crippen molar-refractivity contribution in [1.82, 2.24) is 9.55 Å². The van der Waals surface area contributed by atoms with E-state index in [1.165, 1.54) is 30.3 Å². The normalized spacial score (nSPS) is 14.9. The molecule has 1 aromatic rings. The molecule has 1 aliphatic rings. The summed E-state index contributed by atoms with van der Waals surface area (Å²) in [6.07, 6.45) is 8.91. The van der Waals surface area contributed by atoms with Crippen LogP contribution in [0.1, 0.15) is 58.3 Å². The van der Waals surface area contributed by atoms with Gasteiger partial charge in [0.25, 0.3) is 5.56 Å². The van der Waals surface area contributed by atoms with Crippen molar-refractivity contribution in [2.24, 2.45) is 7.05 Å². The Labute approximate surface area is 149 Å². The molecule has 7 heteroatoms. The van der Waals surface area contributed by atoms with E-state index in [9.17, 15) is 14.7 Å². The van der Waals surface area contributed by atoms with E-state index in [0.717, 1.165) is 38.0 Å². The van der Waals surface area contributed by atoms with Crippen LogP contribution in [-0.2, 0) is 7.05 Å². The van der Waals surface area contributed by atoms with Gasteiger partial charge in [0.05, 0.1) is 12.8 Å². The van der Waals surface area contributed by atoms with E-state index in [4.69, 9.17) is 0 Å². The minimum atomic E-state index is -0.360. The van der Waals surface area contributed by atoms with Crippen molar-refractivity contribution in [2.45, 2.75) is 64.4 Å². The number of unbranched alkanes of at least 4 members (excludes halogenated alkanes) is 6. The molecule has 0 saturated carbocycles. The summed E-state index contributed by atoms with van der Waals surface area (Å²) in [6, 6.07) is 0. The molecule has 1 atom stereocenters. The Morgan fingerprint density at radius 1 is 1.04 bits per heavy atom. The number of nitrogens with zero attached hydrogens (tertiary/aromatic N) is 3. The first kappa shape index (κ1) is 19.6. The van der Waals surface area contributed by atoms with Gasteiger partial charge in [-0.05, 0) is 19.8 Å². The zero-order valence-electron chi connectivity index (χ0n) is 15.8. The van der Waals surface area contributed by atoms with Crippen LogP contribution in [0.5, 0.6) is 0 Å². The highest BCUT2D eigenvalue weighted by Crippen LogP contribution is 2.29. The molecule has 0 fully saturated rings. The SMILES string of the molecule is CC(O)CCCCCCCCCN1CN(C)c2c1n(C)c(=O)[nH]c2=O. The van der Waals surface area contributed by atoms with E-state index in [-0.39, 0.29) is 17.4 Å². The van der Waals surface area contributed by atoms with E-state index in [2.05, 4.69) is 9.88 Å². The largest absolute Gasteiger partial charge is 0.393 e. The van der Waals surface area contributed by atoms with Gasteiger partial charge in [0.2, 0.25) is 0 Å². The number of fused-ring (bicyclic) bond motifs is 1. The summed E-state index contributed by atoms with van der Waals surface area (Å²) in [7, 11) is 3.59. The Hall–Kier alpha value is -1.76. The first-order chi connectivity index (χ1) is 11.9. The molecule has 1 unspecified atom stereocenters. The fraction of sp³-hybridized carbons (Fsp3) is 0.778. The van der Waals surface area contributed by atoms with Gasteiger partial charge in [0.15, 0.2) is 0 Å². The topological polar surface area (TPSA) is 81.6 Å². The summed E-state index contributed by atoms with van der Waals surface area (Å²) in [6.45, 7) is 3.35. The maximum atomic E-state index is 12.0. The maximum Gasteiger partial charge on any atom is 0.329 e. The van der Waals surface area contributed by atoms with E-state index >= 15 is 0 Å². The summed E-state index contributed by atoms with van der Waals surface area (Å²) < 4.78 is 1.53. The van der Waals surface area contributed by atoms with Crippen LogP contribution in [-0.4, -0.2) is 41.0 Å². The Balaban J connectivity index is 1.74. The van der Waals surface area contributed by atoms with E-state index < -0.39 is 0 Å². The van der Waals surface area contributed by atoms with Crippen LogP contribution in [0.25, 0.3) is 0 Å². The second kappa shape index (κ2) is 9.08. The third kappa shape index (κ3) is 5.11. The number of hydrogen-bond acceptors (Lipinski definition) is 5. The van der Waals surface area contributed by atoms with Crippen LogP contribution < -0.4 is 21.0 Å². The van der Waals surface area contributed by atoms with Gasteiger partial charge in [-0.3, -0.25) is 14.3 Å². The lowest BCUT2D eigenvalue weighted by atomic mass is 10.1. The molecule has 0 spiro atoms. The molecule has 0 saturated heterocycles. The number of hydrogen-bond donors (Lipinski definition) is 2. The van der Waals surface area contributed by atoms with Gasteiger partial charge in [-0.1, -0.05) is 38.5 Å². The van der Waals surface area contributed by atoms with Crippen LogP contribution in [0, 0.1) is 0 Å². The lowest BCUT2D eigenvalue weighted by Gasteiger charge is -2.20. The van der Waals surface area contributed by atoms with Crippen LogP contribution in [0.2, 0.25) is 0 Å². The molecule has 0 aromatic carbocycles. The van der Waals surface area contributed by atoms with Crippen molar-refractivity contribution in [1.29, 1.82) is 0 Å². The van der Waals surface area contributed by atoms with Crippen molar-refractivity contribution in [3.8, 4) is 0 Å².